The first-order chi connectivity index (χ1) is 11.1. The molecule has 0 saturated carbocycles. The molecule has 3 aromatic rings. The number of halogens is 1. The van der Waals surface area contributed by atoms with Gasteiger partial charge in [0, 0.05) is 0 Å². The number of rotatable bonds is 4. The lowest BCUT2D eigenvalue weighted by Gasteiger charge is -2.25. The first-order valence-corrected chi connectivity index (χ1v) is 12.0. The van der Waals surface area contributed by atoms with E-state index in [0.29, 0.717) is 0 Å². The molecule has 0 amide bonds. The Bertz CT molecular complexity index is 727. The fourth-order valence-electron chi connectivity index (χ4n) is 2.75. The van der Waals surface area contributed by atoms with Crippen LogP contribution in [0.4, 0.5) is 4.11 Å². The first kappa shape index (κ1) is 16.1. The minimum Gasteiger partial charge on any atom is -0.308 e. The van der Waals surface area contributed by atoms with E-state index < -0.39 is 16.3 Å². The molecule has 0 fully saturated rings. The molecule has 0 aliphatic heterocycles. The molecule has 0 spiro atoms. The zero-order chi connectivity index (χ0) is 16.3. The third-order valence-corrected chi connectivity index (χ3v) is 8.24. The zero-order valence-corrected chi connectivity index (χ0v) is 15.3. The van der Waals surface area contributed by atoms with Crippen LogP contribution < -0.4 is 21.1 Å². The third-order valence-electron chi connectivity index (χ3n) is 3.81. The lowest BCUT2D eigenvalue weighted by molar-refractivity contribution is 0.822. The molecule has 0 N–H and O–H groups in total. The molecule has 0 heterocycles. The van der Waals surface area contributed by atoms with Crippen molar-refractivity contribution in [3.63, 3.8) is 0 Å². The van der Waals surface area contributed by atoms with Crippen molar-refractivity contribution in [2.45, 2.75) is 13.1 Å². The van der Waals surface area contributed by atoms with Crippen molar-refractivity contribution in [3.8, 4) is 0 Å². The predicted octanol–water partition coefficient (Wildman–Crippen LogP) is 3.83. The summed E-state index contributed by atoms with van der Waals surface area (Å²) in [4.78, 5) is 0. The highest BCUT2D eigenvalue weighted by atomic mass is 31.1. The second kappa shape index (κ2) is 6.78. The van der Waals surface area contributed by atoms with E-state index in [1.54, 1.807) is 13.1 Å². The molecule has 0 unspecified atom stereocenters. The van der Waals surface area contributed by atoms with Crippen molar-refractivity contribution in [1.82, 2.24) is 0 Å². The van der Waals surface area contributed by atoms with E-state index in [-0.39, 0.29) is 0 Å². The van der Waals surface area contributed by atoms with E-state index in [2.05, 4.69) is 54.6 Å². The summed E-state index contributed by atoms with van der Waals surface area (Å²) in [6.45, 7) is 3.55. The Morgan fingerprint density at radius 2 is 1.09 bits per heavy atom. The van der Waals surface area contributed by atoms with Crippen LogP contribution in [-0.4, -0.2) is 8.41 Å². The minimum atomic E-state index is -2.89. The van der Waals surface area contributed by atoms with Gasteiger partial charge in [-0.1, -0.05) is 84.9 Å². The molecule has 0 saturated heterocycles. The molecule has 0 aliphatic carbocycles. The molecule has 3 rings (SSSR count). The van der Waals surface area contributed by atoms with E-state index in [1.165, 1.54) is 10.6 Å². The average molecular weight is 338 g/mol. The van der Waals surface area contributed by atoms with Crippen LogP contribution in [0.1, 0.15) is 0 Å². The van der Waals surface area contributed by atoms with Crippen LogP contribution in [-0.2, 0) is 0 Å². The molecule has 3 aromatic carbocycles. The van der Waals surface area contributed by atoms with Gasteiger partial charge >= 0.3 is 0 Å². The van der Waals surface area contributed by atoms with Gasteiger partial charge in [-0.05, 0) is 42.1 Å². The van der Waals surface area contributed by atoms with Gasteiger partial charge < -0.3 is 4.11 Å². The van der Waals surface area contributed by atoms with Crippen molar-refractivity contribution in [1.29, 1.82) is 0 Å². The minimum absolute atomic E-state index is 0.736. The Balaban J connectivity index is 2.22. The van der Waals surface area contributed by atoms with Crippen molar-refractivity contribution < 1.29 is 4.11 Å². The Hall–Kier alpha value is -1.76. The van der Waals surface area contributed by atoms with Gasteiger partial charge in [-0.2, -0.15) is 0 Å². The number of hydrogen-bond donors (Lipinski definition) is 0. The summed E-state index contributed by atoms with van der Waals surface area (Å²) >= 11 is 0. The Kier molecular flexibility index (Phi) is 4.75. The maximum Gasteiger partial charge on any atom is 0.272 e. The molecule has 0 radical (unpaired) electrons. The monoisotopic (exact) mass is 338 g/mol. The molecule has 23 heavy (non-hydrogen) atoms. The van der Waals surface area contributed by atoms with Crippen LogP contribution in [0.3, 0.4) is 0 Å². The smallest absolute Gasteiger partial charge is 0.272 e. The zero-order valence-electron chi connectivity index (χ0n) is 13.4. The van der Waals surface area contributed by atoms with Crippen LogP contribution in [0.5, 0.6) is 0 Å². The van der Waals surface area contributed by atoms with Crippen LogP contribution in [0.2, 0.25) is 13.1 Å². The van der Waals surface area contributed by atoms with Gasteiger partial charge in [0.1, 0.15) is 0 Å². The molecule has 0 aromatic heterocycles. The molecular formula is C20H20FPSi. The third kappa shape index (κ3) is 3.60. The van der Waals surface area contributed by atoms with E-state index in [9.17, 15) is 4.11 Å². The van der Waals surface area contributed by atoms with Crippen molar-refractivity contribution >= 4 is 37.4 Å². The highest BCUT2D eigenvalue weighted by molar-refractivity contribution is 7.80. The highest BCUT2D eigenvalue weighted by Crippen LogP contribution is 2.32. The van der Waals surface area contributed by atoms with Gasteiger partial charge in [0.25, 0.3) is 8.41 Å². The quantitative estimate of drug-likeness (QED) is 0.385. The Morgan fingerprint density at radius 1 is 0.652 bits per heavy atom. The van der Waals surface area contributed by atoms with Gasteiger partial charge in [-0.15, -0.1) is 0 Å². The van der Waals surface area contributed by atoms with Crippen LogP contribution in [0, 0.1) is 0 Å². The van der Waals surface area contributed by atoms with E-state index in [0.717, 1.165) is 10.5 Å². The molecule has 0 aliphatic rings. The second-order valence-corrected chi connectivity index (χ2v) is 11.7. The van der Waals surface area contributed by atoms with Gasteiger partial charge in [0.15, 0.2) is 0 Å². The summed E-state index contributed by atoms with van der Waals surface area (Å²) in [7, 11) is -3.63. The molecule has 0 atom stereocenters. The van der Waals surface area contributed by atoms with Gasteiger partial charge in [0.05, 0.1) is 0 Å². The molecular weight excluding hydrogens is 318 g/mol. The topological polar surface area (TPSA) is 0 Å². The highest BCUT2D eigenvalue weighted by Gasteiger charge is 2.30. The van der Waals surface area contributed by atoms with Gasteiger partial charge in [-0.3, -0.25) is 0 Å². The van der Waals surface area contributed by atoms with E-state index in [1.807, 2.05) is 30.3 Å². The van der Waals surface area contributed by atoms with Crippen molar-refractivity contribution in [2.24, 2.45) is 0 Å². The lowest BCUT2D eigenvalue weighted by Crippen LogP contribution is -2.46. The van der Waals surface area contributed by atoms with E-state index >= 15 is 0 Å². The van der Waals surface area contributed by atoms with Gasteiger partial charge in [-0.25, -0.2) is 0 Å². The summed E-state index contributed by atoms with van der Waals surface area (Å²) < 4.78 is 14.9. The van der Waals surface area contributed by atoms with Crippen LogP contribution >= 0.6 is 7.92 Å². The summed E-state index contributed by atoms with van der Waals surface area (Å²) in [5.74, 6) is 0. The van der Waals surface area contributed by atoms with Crippen molar-refractivity contribution in [3.05, 3.63) is 84.9 Å². The Labute approximate surface area is 139 Å². The fraction of sp³-hybridized carbons (Fsp3) is 0.100. The largest absolute Gasteiger partial charge is 0.308 e. The van der Waals surface area contributed by atoms with Crippen LogP contribution in [0.15, 0.2) is 84.9 Å². The molecule has 3 heteroatoms. The van der Waals surface area contributed by atoms with Gasteiger partial charge in [0.2, 0.25) is 0 Å². The number of benzene rings is 3. The molecule has 116 valence electrons. The summed E-state index contributed by atoms with van der Waals surface area (Å²) in [5.41, 5.74) is 0. The average Bonchev–Trinajstić information content (AvgIpc) is 2.57. The second-order valence-electron chi connectivity index (χ2n) is 6.00. The molecule has 0 bridgehead atoms. The number of hydrogen-bond acceptors (Lipinski definition) is 0. The predicted molar refractivity (Wildman–Crippen MR) is 103 cm³/mol. The maximum absolute atomic E-state index is 14.9. The summed E-state index contributed by atoms with van der Waals surface area (Å²) in [5, 5.41) is 4.59. The summed E-state index contributed by atoms with van der Waals surface area (Å²) in [6.07, 6.45) is 0. The van der Waals surface area contributed by atoms with Crippen LogP contribution in [0.25, 0.3) is 0 Å². The van der Waals surface area contributed by atoms with Crippen molar-refractivity contribution in [2.75, 3.05) is 0 Å². The normalized spacial score (nSPS) is 11.7. The first-order valence-electron chi connectivity index (χ1n) is 7.76. The SMILES string of the molecule is C[Si](C)(F)c1ccccc1P(c1ccccc1)c1ccccc1. The standard InChI is InChI=1S/C20H20FPSi/c1-23(2,21)20-16-10-9-15-19(20)22(17-11-5-3-6-12-17)18-13-7-4-8-14-18/h3-16H,1-2H3. The summed E-state index contributed by atoms with van der Waals surface area (Å²) in [6, 6.07) is 29.0. The molecule has 0 nitrogen and oxygen atoms in total. The fourth-order valence-corrected chi connectivity index (χ4v) is 7.42. The lowest BCUT2D eigenvalue weighted by atomic mass is 10.3. The maximum atomic E-state index is 14.9. The Morgan fingerprint density at radius 3 is 1.57 bits per heavy atom. The van der Waals surface area contributed by atoms with E-state index in [4.69, 9.17) is 0 Å².